The topological polar surface area (TPSA) is 120 Å². The minimum absolute atomic E-state index is 0.0989. The van der Waals surface area contributed by atoms with E-state index in [0.717, 1.165) is 12.8 Å². The smallest absolute Gasteiger partial charge is 0.389 e. The van der Waals surface area contributed by atoms with Crippen LogP contribution in [-0.4, -0.2) is 90.5 Å². The summed E-state index contributed by atoms with van der Waals surface area (Å²) in [7, 11) is 1.67. The number of ether oxygens (including phenoxy) is 2. The van der Waals surface area contributed by atoms with Crippen molar-refractivity contribution >= 4 is 29.2 Å². The van der Waals surface area contributed by atoms with E-state index < -0.39 is 43.0 Å². The number of aliphatic hydroxyl groups excluding tert-OH is 1. The van der Waals surface area contributed by atoms with Gasteiger partial charge in [0.25, 0.3) is 5.91 Å². The number of alkyl halides is 3. The molecule has 254 valence electrons. The number of urea groups is 1. The van der Waals surface area contributed by atoms with Crippen molar-refractivity contribution in [2.75, 3.05) is 44.0 Å². The summed E-state index contributed by atoms with van der Waals surface area (Å²) >= 11 is 0. The Labute approximate surface area is 268 Å². The predicted octanol–water partition coefficient (Wildman–Crippen LogP) is 5.93. The molecule has 3 N–H and O–H groups in total. The second-order valence-corrected chi connectivity index (χ2v) is 11.9. The summed E-state index contributed by atoms with van der Waals surface area (Å²) in [6, 6.07) is 12.5. The Balaban J connectivity index is 1.88. The minimum Gasteiger partial charge on any atom is -0.490 e. The van der Waals surface area contributed by atoms with Crippen molar-refractivity contribution in [3.63, 3.8) is 0 Å². The van der Waals surface area contributed by atoms with Gasteiger partial charge < -0.3 is 35.0 Å². The zero-order chi connectivity index (χ0) is 33.9. The Morgan fingerprint density at radius 1 is 1.09 bits per heavy atom. The SMILES string of the molecule is C[C@@H]1CCCCO[C@@H](CN(C)C(=O)Nc2ccccc2)[C@@H](C)CN([C@@H](C)CO)C(=O)c2cc(NC(=O)CCC(F)(F)F)ccc2O1. The average Bonchev–Trinajstić information content (AvgIpc) is 3.01. The van der Waals surface area contributed by atoms with Gasteiger partial charge in [0.15, 0.2) is 0 Å². The molecule has 0 unspecified atom stereocenters. The van der Waals surface area contributed by atoms with Gasteiger partial charge in [0, 0.05) is 50.5 Å². The molecule has 13 heteroatoms. The number of hydrogen-bond donors (Lipinski definition) is 3. The number of nitrogens with zero attached hydrogens (tertiary/aromatic N) is 2. The maximum atomic E-state index is 14.2. The molecule has 0 saturated heterocycles. The van der Waals surface area contributed by atoms with Crippen LogP contribution in [-0.2, 0) is 9.53 Å². The summed E-state index contributed by atoms with van der Waals surface area (Å²) in [4.78, 5) is 42.4. The number of para-hydroxylation sites is 1. The molecule has 46 heavy (non-hydrogen) atoms. The molecule has 4 atom stereocenters. The lowest BCUT2D eigenvalue weighted by Crippen LogP contribution is -2.48. The molecule has 0 spiro atoms. The maximum Gasteiger partial charge on any atom is 0.389 e. The number of nitrogens with one attached hydrogen (secondary N) is 2. The molecule has 1 aliphatic heterocycles. The van der Waals surface area contributed by atoms with Crippen LogP contribution in [0.25, 0.3) is 0 Å². The van der Waals surface area contributed by atoms with Crippen LogP contribution in [0.2, 0.25) is 0 Å². The summed E-state index contributed by atoms with van der Waals surface area (Å²) in [5.74, 6) is -1.36. The summed E-state index contributed by atoms with van der Waals surface area (Å²) in [5.41, 5.74) is 0.897. The molecule has 1 heterocycles. The highest BCUT2D eigenvalue weighted by molar-refractivity contribution is 5.99. The van der Waals surface area contributed by atoms with E-state index in [4.69, 9.17) is 9.47 Å². The number of fused-ring (bicyclic) bond motifs is 1. The number of likely N-dealkylation sites (N-methyl/N-ethyl adjacent to an activating group) is 1. The molecular formula is C33H45F3N4O6. The molecule has 4 amide bonds. The molecule has 2 aromatic rings. The van der Waals surface area contributed by atoms with Crippen molar-refractivity contribution < 1.29 is 42.1 Å². The fraction of sp³-hybridized carbons (Fsp3) is 0.545. The highest BCUT2D eigenvalue weighted by atomic mass is 19.4. The van der Waals surface area contributed by atoms with E-state index in [1.54, 1.807) is 26.1 Å². The number of aliphatic hydroxyl groups is 1. The first-order chi connectivity index (χ1) is 21.8. The number of carbonyl (C=O) groups excluding carboxylic acids is 3. The molecule has 2 aromatic carbocycles. The van der Waals surface area contributed by atoms with E-state index in [2.05, 4.69) is 10.6 Å². The van der Waals surface area contributed by atoms with Crippen LogP contribution >= 0.6 is 0 Å². The van der Waals surface area contributed by atoms with E-state index in [-0.39, 0.29) is 54.7 Å². The van der Waals surface area contributed by atoms with Crippen molar-refractivity contribution in [1.82, 2.24) is 9.80 Å². The largest absolute Gasteiger partial charge is 0.490 e. The van der Waals surface area contributed by atoms with E-state index in [1.165, 1.54) is 28.0 Å². The van der Waals surface area contributed by atoms with Gasteiger partial charge in [-0.1, -0.05) is 25.1 Å². The Hall–Kier alpha value is -3.84. The quantitative estimate of drug-likeness (QED) is 0.326. The summed E-state index contributed by atoms with van der Waals surface area (Å²) in [6.07, 6.45) is -5.07. The summed E-state index contributed by atoms with van der Waals surface area (Å²) < 4.78 is 50.4. The van der Waals surface area contributed by atoms with E-state index in [1.807, 2.05) is 32.0 Å². The zero-order valence-electron chi connectivity index (χ0n) is 26.8. The van der Waals surface area contributed by atoms with Gasteiger partial charge in [-0.25, -0.2) is 4.79 Å². The maximum absolute atomic E-state index is 14.2. The molecule has 0 bridgehead atoms. The van der Waals surface area contributed by atoms with Gasteiger partial charge in [-0.15, -0.1) is 0 Å². The summed E-state index contributed by atoms with van der Waals surface area (Å²) in [5, 5.41) is 15.4. The zero-order valence-corrected chi connectivity index (χ0v) is 26.8. The minimum atomic E-state index is -4.48. The van der Waals surface area contributed by atoms with Crippen molar-refractivity contribution in [2.45, 2.75) is 77.3 Å². The lowest BCUT2D eigenvalue weighted by atomic mass is 10.0. The van der Waals surface area contributed by atoms with Crippen molar-refractivity contribution in [2.24, 2.45) is 5.92 Å². The normalized spacial score (nSPS) is 20.5. The van der Waals surface area contributed by atoms with E-state index in [0.29, 0.717) is 18.7 Å². The van der Waals surface area contributed by atoms with E-state index >= 15 is 0 Å². The van der Waals surface area contributed by atoms with Gasteiger partial charge in [-0.2, -0.15) is 13.2 Å². The second-order valence-electron chi connectivity index (χ2n) is 11.9. The van der Waals surface area contributed by atoms with Crippen LogP contribution in [0.15, 0.2) is 48.5 Å². The third-order valence-corrected chi connectivity index (χ3v) is 7.80. The Bertz CT molecular complexity index is 1300. The third kappa shape index (κ3) is 11.5. The van der Waals surface area contributed by atoms with Crippen molar-refractivity contribution in [3.05, 3.63) is 54.1 Å². The van der Waals surface area contributed by atoms with Crippen LogP contribution in [0.3, 0.4) is 0 Å². The molecule has 0 fully saturated rings. The first kappa shape index (κ1) is 36.6. The van der Waals surface area contributed by atoms with Gasteiger partial charge in [0.05, 0.1) is 36.8 Å². The highest BCUT2D eigenvalue weighted by Crippen LogP contribution is 2.29. The lowest BCUT2D eigenvalue weighted by Gasteiger charge is -2.35. The van der Waals surface area contributed by atoms with Crippen LogP contribution in [0, 0.1) is 5.92 Å². The Morgan fingerprint density at radius 2 is 1.80 bits per heavy atom. The van der Waals surface area contributed by atoms with Crippen LogP contribution < -0.4 is 15.4 Å². The number of hydrogen-bond acceptors (Lipinski definition) is 6. The third-order valence-electron chi connectivity index (χ3n) is 7.80. The second kappa shape index (κ2) is 17.2. The first-order valence-corrected chi connectivity index (χ1v) is 15.5. The molecule has 0 radical (unpaired) electrons. The fourth-order valence-electron chi connectivity index (χ4n) is 5.03. The molecule has 0 saturated carbocycles. The van der Waals surface area contributed by atoms with E-state index in [9.17, 15) is 32.7 Å². The Morgan fingerprint density at radius 3 is 2.48 bits per heavy atom. The number of carbonyl (C=O) groups is 3. The number of benzene rings is 2. The van der Waals surface area contributed by atoms with Crippen LogP contribution in [0.5, 0.6) is 5.75 Å². The van der Waals surface area contributed by atoms with Crippen molar-refractivity contribution in [3.8, 4) is 5.75 Å². The van der Waals surface area contributed by atoms with Crippen LogP contribution in [0.1, 0.15) is 63.2 Å². The number of halogens is 3. The number of rotatable bonds is 8. The Kier molecular flexibility index (Phi) is 13.7. The van der Waals surface area contributed by atoms with Gasteiger partial charge in [0.1, 0.15) is 5.75 Å². The molecule has 10 nitrogen and oxygen atoms in total. The van der Waals surface area contributed by atoms with Gasteiger partial charge in [-0.3, -0.25) is 9.59 Å². The van der Waals surface area contributed by atoms with Crippen molar-refractivity contribution in [1.29, 1.82) is 0 Å². The fourth-order valence-corrected chi connectivity index (χ4v) is 5.03. The van der Waals surface area contributed by atoms with Crippen LogP contribution in [0.4, 0.5) is 29.3 Å². The predicted molar refractivity (Wildman–Crippen MR) is 169 cm³/mol. The standard InChI is InChI=1S/C33H45F3N4O6/c1-22-19-40(23(2)21-41)31(43)27-18-26(37-30(42)15-16-33(34,35)36)13-14-28(27)46-24(3)10-8-9-17-45-29(22)20-39(4)32(44)38-25-11-6-5-7-12-25/h5-7,11-14,18,22-24,29,41H,8-10,15-17,19-21H2,1-4H3,(H,37,42)(H,38,44)/t22-,23-,24+,29-/m0/s1. The first-order valence-electron chi connectivity index (χ1n) is 15.5. The highest BCUT2D eigenvalue weighted by Gasteiger charge is 2.31. The molecule has 0 aliphatic carbocycles. The van der Waals surface area contributed by atoms with Gasteiger partial charge in [-0.05, 0) is 63.4 Å². The molecule has 1 aliphatic rings. The molecule has 3 rings (SSSR count). The monoisotopic (exact) mass is 650 g/mol. The molecule has 0 aromatic heterocycles. The average molecular weight is 651 g/mol. The molecular weight excluding hydrogens is 605 g/mol. The van der Waals surface area contributed by atoms with Gasteiger partial charge in [0.2, 0.25) is 5.91 Å². The lowest BCUT2D eigenvalue weighted by molar-refractivity contribution is -0.142. The number of anilines is 2. The van der Waals surface area contributed by atoms with Gasteiger partial charge >= 0.3 is 12.2 Å². The summed E-state index contributed by atoms with van der Waals surface area (Å²) in [6.45, 7) is 5.94. The number of amides is 4.